The molecular formula is C13H21ClN6O2S. The van der Waals surface area contributed by atoms with Crippen molar-refractivity contribution >= 4 is 24.2 Å². The highest BCUT2D eigenvalue weighted by molar-refractivity contribution is 7.98. The molecule has 1 fully saturated rings. The smallest absolute Gasteiger partial charge is 0.252 e. The molecule has 2 aromatic heterocycles. The number of piperidine rings is 1. The molecule has 1 aliphatic rings. The van der Waals surface area contributed by atoms with E-state index in [0.29, 0.717) is 30.0 Å². The zero-order chi connectivity index (χ0) is 15.4. The lowest BCUT2D eigenvalue weighted by atomic mass is 9.99. The molecule has 128 valence electrons. The van der Waals surface area contributed by atoms with Crippen LogP contribution in [-0.2, 0) is 24.1 Å². The SMILES string of the molecule is COCc1nc(CSc2nnc(C3CCCNC3)n2C)no1.Cl. The van der Waals surface area contributed by atoms with Crippen LogP contribution in [-0.4, -0.2) is 45.1 Å². The van der Waals surface area contributed by atoms with E-state index in [1.54, 1.807) is 18.9 Å². The Kier molecular flexibility index (Phi) is 6.82. The predicted octanol–water partition coefficient (Wildman–Crippen LogP) is 1.53. The summed E-state index contributed by atoms with van der Waals surface area (Å²) < 4.78 is 12.1. The summed E-state index contributed by atoms with van der Waals surface area (Å²) in [5, 5.41) is 16.8. The highest BCUT2D eigenvalue weighted by Gasteiger charge is 2.22. The molecule has 10 heteroatoms. The van der Waals surface area contributed by atoms with Gasteiger partial charge in [-0.25, -0.2) is 0 Å². The van der Waals surface area contributed by atoms with Crippen molar-refractivity contribution in [3.8, 4) is 0 Å². The van der Waals surface area contributed by atoms with Crippen molar-refractivity contribution in [1.29, 1.82) is 0 Å². The van der Waals surface area contributed by atoms with Gasteiger partial charge in [-0.2, -0.15) is 4.98 Å². The summed E-state index contributed by atoms with van der Waals surface area (Å²) in [6, 6.07) is 0. The maximum atomic E-state index is 5.07. The number of nitrogens with zero attached hydrogens (tertiary/aromatic N) is 5. The number of aromatic nitrogens is 5. The summed E-state index contributed by atoms with van der Waals surface area (Å²) in [6.07, 6.45) is 2.35. The minimum absolute atomic E-state index is 0. The molecule has 1 atom stereocenters. The van der Waals surface area contributed by atoms with Crippen molar-refractivity contribution in [3.63, 3.8) is 0 Å². The molecule has 0 saturated carbocycles. The van der Waals surface area contributed by atoms with E-state index in [0.717, 1.165) is 30.5 Å². The van der Waals surface area contributed by atoms with E-state index in [-0.39, 0.29) is 12.4 Å². The second-order valence-electron chi connectivity index (χ2n) is 5.27. The van der Waals surface area contributed by atoms with Crippen molar-refractivity contribution in [2.24, 2.45) is 7.05 Å². The summed E-state index contributed by atoms with van der Waals surface area (Å²) in [4.78, 5) is 4.25. The first kappa shape index (κ1) is 18.2. The molecule has 3 rings (SSSR count). The van der Waals surface area contributed by atoms with Gasteiger partial charge in [0.05, 0.1) is 5.75 Å². The summed E-state index contributed by atoms with van der Waals surface area (Å²) in [5.74, 6) is 3.22. The Bertz CT molecular complexity index is 613. The predicted molar refractivity (Wildman–Crippen MR) is 87.7 cm³/mol. The number of halogens is 1. The van der Waals surface area contributed by atoms with Crippen LogP contribution >= 0.6 is 24.2 Å². The number of nitrogens with one attached hydrogen (secondary N) is 1. The van der Waals surface area contributed by atoms with E-state index in [4.69, 9.17) is 9.26 Å². The van der Waals surface area contributed by atoms with Gasteiger partial charge in [-0.15, -0.1) is 22.6 Å². The van der Waals surface area contributed by atoms with Gasteiger partial charge in [-0.3, -0.25) is 0 Å². The van der Waals surface area contributed by atoms with Gasteiger partial charge < -0.3 is 19.1 Å². The van der Waals surface area contributed by atoms with E-state index in [9.17, 15) is 0 Å². The van der Waals surface area contributed by atoms with E-state index in [1.807, 2.05) is 7.05 Å². The van der Waals surface area contributed by atoms with Gasteiger partial charge in [-0.1, -0.05) is 16.9 Å². The van der Waals surface area contributed by atoms with E-state index in [1.165, 1.54) is 6.42 Å². The monoisotopic (exact) mass is 360 g/mol. The van der Waals surface area contributed by atoms with E-state index in [2.05, 4.69) is 30.2 Å². The molecule has 8 nitrogen and oxygen atoms in total. The fourth-order valence-corrected chi connectivity index (χ4v) is 3.30. The molecule has 0 radical (unpaired) electrons. The molecule has 0 bridgehead atoms. The molecule has 0 aromatic carbocycles. The van der Waals surface area contributed by atoms with Crippen LogP contribution in [0.1, 0.15) is 36.3 Å². The van der Waals surface area contributed by atoms with Crippen LogP contribution in [0.25, 0.3) is 0 Å². The number of hydrogen-bond donors (Lipinski definition) is 1. The minimum Gasteiger partial charge on any atom is -0.375 e. The van der Waals surface area contributed by atoms with E-state index >= 15 is 0 Å². The number of ether oxygens (including phenoxy) is 1. The van der Waals surface area contributed by atoms with Gasteiger partial charge in [0, 0.05) is 26.6 Å². The summed E-state index contributed by atoms with van der Waals surface area (Å²) in [7, 11) is 3.61. The highest BCUT2D eigenvalue weighted by Crippen LogP contribution is 2.26. The Morgan fingerprint density at radius 1 is 1.43 bits per heavy atom. The number of thioether (sulfide) groups is 1. The molecule has 0 amide bonds. The third-order valence-corrected chi connectivity index (χ3v) is 4.66. The summed E-state index contributed by atoms with van der Waals surface area (Å²) >= 11 is 1.56. The molecule has 2 aromatic rings. The third kappa shape index (κ3) is 4.43. The van der Waals surface area contributed by atoms with Gasteiger partial charge in [0.15, 0.2) is 11.0 Å². The number of rotatable bonds is 6. The number of methoxy groups -OCH3 is 1. The zero-order valence-corrected chi connectivity index (χ0v) is 14.8. The maximum Gasteiger partial charge on any atom is 0.252 e. The highest BCUT2D eigenvalue weighted by atomic mass is 35.5. The third-order valence-electron chi connectivity index (χ3n) is 3.64. The second-order valence-corrected chi connectivity index (χ2v) is 6.21. The number of hydrogen-bond acceptors (Lipinski definition) is 8. The molecule has 23 heavy (non-hydrogen) atoms. The lowest BCUT2D eigenvalue weighted by molar-refractivity contribution is 0.151. The fraction of sp³-hybridized carbons (Fsp3) is 0.692. The lowest BCUT2D eigenvalue weighted by Gasteiger charge is -2.21. The largest absolute Gasteiger partial charge is 0.375 e. The maximum absolute atomic E-state index is 5.07. The molecule has 0 aliphatic carbocycles. The van der Waals surface area contributed by atoms with Crippen LogP contribution in [0.3, 0.4) is 0 Å². The van der Waals surface area contributed by atoms with E-state index < -0.39 is 0 Å². The van der Waals surface area contributed by atoms with Gasteiger partial charge in [-0.05, 0) is 19.4 Å². The van der Waals surface area contributed by atoms with Crippen molar-refractivity contribution in [2.75, 3.05) is 20.2 Å². The Hall–Kier alpha value is -1.16. The first-order chi connectivity index (χ1) is 10.8. The van der Waals surface area contributed by atoms with Crippen LogP contribution in [0.15, 0.2) is 9.68 Å². The van der Waals surface area contributed by atoms with Crippen molar-refractivity contribution in [1.82, 2.24) is 30.2 Å². The van der Waals surface area contributed by atoms with Crippen molar-refractivity contribution in [3.05, 3.63) is 17.5 Å². The quantitative estimate of drug-likeness (QED) is 0.775. The summed E-state index contributed by atoms with van der Waals surface area (Å²) in [5.41, 5.74) is 0. The Labute approximate surface area is 145 Å². The normalized spacial score (nSPS) is 17.9. The summed E-state index contributed by atoms with van der Waals surface area (Å²) in [6.45, 7) is 2.40. The van der Waals surface area contributed by atoms with Crippen molar-refractivity contribution < 1.29 is 9.26 Å². The molecule has 0 spiro atoms. The van der Waals surface area contributed by atoms with Gasteiger partial charge in [0.2, 0.25) is 0 Å². The van der Waals surface area contributed by atoms with Crippen molar-refractivity contribution in [2.45, 2.75) is 36.3 Å². The van der Waals surface area contributed by atoms with Crippen LogP contribution < -0.4 is 5.32 Å². The van der Waals surface area contributed by atoms with Crippen LogP contribution in [0.5, 0.6) is 0 Å². The zero-order valence-electron chi connectivity index (χ0n) is 13.2. The Morgan fingerprint density at radius 3 is 3.04 bits per heavy atom. The average molecular weight is 361 g/mol. The molecule has 1 saturated heterocycles. The molecular weight excluding hydrogens is 340 g/mol. The standard InChI is InChI=1S/C13H20N6O2S.ClH/c1-19-12(9-4-3-5-14-6-9)16-17-13(19)22-8-10-15-11(7-20-2)21-18-10;/h9,14H,3-8H2,1-2H3;1H. The second kappa shape index (κ2) is 8.62. The lowest BCUT2D eigenvalue weighted by Crippen LogP contribution is -2.29. The molecule has 1 aliphatic heterocycles. The Morgan fingerprint density at radius 2 is 2.30 bits per heavy atom. The van der Waals surface area contributed by atoms with Gasteiger partial charge in [0.1, 0.15) is 12.4 Å². The fourth-order valence-electron chi connectivity index (χ4n) is 2.54. The Balaban J connectivity index is 0.00000192. The topological polar surface area (TPSA) is 90.9 Å². The molecule has 1 N–H and O–H groups in total. The first-order valence-corrected chi connectivity index (χ1v) is 8.29. The van der Waals surface area contributed by atoms with Crippen LogP contribution in [0.4, 0.5) is 0 Å². The first-order valence-electron chi connectivity index (χ1n) is 7.31. The van der Waals surface area contributed by atoms with Gasteiger partial charge >= 0.3 is 0 Å². The molecule has 1 unspecified atom stereocenters. The molecule has 3 heterocycles. The van der Waals surface area contributed by atoms with Crippen LogP contribution in [0.2, 0.25) is 0 Å². The van der Waals surface area contributed by atoms with Crippen LogP contribution in [0, 0.1) is 0 Å². The average Bonchev–Trinajstić information content (AvgIpc) is 3.13. The minimum atomic E-state index is 0. The van der Waals surface area contributed by atoms with Gasteiger partial charge in [0.25, 0.3) is 5.89 Å².